The second kappa shape index (κ2) is 8.49. The Kier molecular flexibility index (Phi) is 6.64. The highest BCUT2D eigenvalue weighted by atomic mass is 16.5. The molecule has 0 aliphatic carbocycles. The fourth-order valence-corrected chi connectivity index (χ4v) is 3.41. The first-order valence-corrected chi connectivity index (χ1v) is 9.03. The van der Waals surface area contributed by atoms with Gasteiger partial charge in [-0.15, -0.1) is 0 Å². The van der Waals surface area contributed by atoms with Crippen LogP contribution in [0.2, 0.25) is 0 Å². The average Bonchev–Trinajstić information content (AvgIpc) is 2.53. The molecule has 0 N–H and O–H groups in total. The molecule has 1 aliphatic heterocycles. The summed E-state index contributed by atoms with van der Waals surface area (Å²) in [4.78, 5) is 15.1. The SMILES string of the molecule is CCOc1ccc(C(=O)CCN2CCCC(C)C2)c(C(C)C)c1. The normalized spacial score (nSPS) is 19.1. The first-order chi connectivity index (χ1) is 11.0. The molecule has 1 fully saturated rings. The van der Waals surface area contributed by atoms with Crippen molar-refractivity contribution in [3.8, 4) is 5.75 Å². The number of benzene rings is 1. The molecule has 0 saturated carbocycles. The minimum absolute atomic E-state index is 0.259. The number of ketones is 1. The van der Waals surface area contributed by atoms with E-state index in [0.29, 0.717) is 18.9 Å². The highest BCUT2D eigenvalue weighted by Crippen LogP contribution is 2.26. The zero-order valence-electron chi connectivity index (χ0n) is 15.1. The van der Waals surface area contributed by atoms with Crippen molar-refractivity contribution in [1.29, 1.82) is 0 Å². The predicted octanol–water partition coefficient (Wildman–Crippen LogP) is 4.51. The number of Topliss-reactive ketones (excluding diaryl/α,β-unsaturated/α-hetero) is 1. The first kappa shape index (κ1) is 18.0. The summed E-state index contributed by atoms with van der Waals surface area (Å²) in [5, 5.41) is 0. The molecule has 1 unspecified atom stereocenters. The molecule has 0 spiro atoms. The maximum absolute atomic E-state index is 12.7. The molecule has 1 aliphatic rings. The number of piperidine rings is 1. The number of ether oxygens (including phenoxy) is 1. The molecule has 3 heteroatoms. The van der Waals surface area contributed by atoms with E-state index < -0.39 is 0 Å². The molecule has 0 aromatic heterocycles. The number of rotatable bonds is 7. The number of nitrogens with zero attached hydrogens (tertiary/aromatic N) is 1. The van der Waals surface area contributed by atoms with E-state index in [1.807, 2.05) is 25.1 Å². The van der Waals surface area contributed by atoms with Gasteiger partial charge in [0.15, 0.2) is 5.78 Å². The van der Waals surface area contributed by atoms with Gasteiger partial charge in [0.1, 0.15) is 5.75 Å². The zero-order valence-corrected chi connectivity index (χ0v) is 15.1. The van der Waals surface area contributed by atoms with Crippen molar-refractivity contribution in [3.63, 3.8) is 0 Å². The quantitative estimate of drug-likeness (QED) is 0.693. The Labute approximate surface area is 141 Å². The van der Waals surface area contributed by atoms with Gasteiger partial charge in [0, 0.05) is 25.1 Å². The van der Waals surface area contributed by atoms with E-state index in [9.17, 15) is 4.79 Å². The van der Waals surface area contributed by atoms with Crippen molar-refractivity contribution in [2.75, 3.05) is 26.2 Å². The van der Waals surface area contributed by atoms with Gasteiger partial charge in [-0.05, 0) is 61.9 Å². The van der Waals surface area contributed by atoms with Gasteiger partial charge in [-0.3, -0.25) is 4.79 Å². The third-order valence-corrected chi connectivity index (χ3v) is 4.65. The lowest BCUT2D eigenvalue weighted by Crippen LogP contribution is -2.35. The molecule has 128 valence electrons. The fraction of sp³-hybridized carbons (Fsp3) is 0.650. The van der Waals surface area contributed by atoms with Crippen molar-refractivity contribution in [2.45, 2.75) is 52.9 Å². The first-order valence-electron chi connectivity index (χ1n) is 9.03. The van der Waals surface area contributed by atoms with E-state index in [1.54, 1.807) is 0 Å². The predicted molar refractivity (Wildman–Crippen MR) is 95.5 cm³/mol. The molecule has 23 heavy (non-hydrogen) atoms. The van der Waals surface area contributed by atoms with Crippen molar-refractivity contribution < 1.29 is 9.53 Å². The summed E-state index contributed by atoms with van der Waals surface area (Å²) in [5.74, 6) is 2.20. The maximum atomic E-state index is 12.7. The summed E-state index contributed by atoms with van der Waals surface area (Å²) >= 11 is 0. The minimum atomic E-state index is 0.259. The van der Waals surface area contributed by atoms with E-state index in [4.69, 9.17) is 4.74 Å². The maximum Gasteiger partial charge on any atom is 0.164 e. The fourth-order valence-electron chi connectivity index (χ4n) is 3.41. The summed E-state index contributed by atoms with van der Waals surface area (Å²) in [6, 6.07) is 5.90. The standard InChI is InChI=1S/C20H31NO2/c1-5-23-17-8-9-18(19(13-17)15(2)3)20(22)10-12-21-11-6-7-16(4)14-21/h8-9,13,15-16H,5-7,10-12,14H2,1-4H3. The molecule has 1 aromatic rings. The van der Waals surface area contributed by atoms with Crippen LogP contribution in [-0.4, -0.2) is 36.9 Å². The van der Waals surface area contributed by atoms with Crippen LogP contribution in [0, 0.1) is 5.92 Å². The van der Waals surface area contributed by atoms with Crippen LogP contribution in [0.1, 0.15) is 68.8 Å². The molecular formula is C20H31NO2. The second-order valence-electron chi connectivity index (χ2n) is 7.06. The van der Waals surface area contributed by atoms with Crippen molar-refractivity contribution in [1.82, 2.24) is 4.90 Å². The summed E-state index contributed by atoms with van der Waals surface area (Å²) in [7, 11) is 0. The number of hydrogen-bond donors (Lipinski definition) is 0. The van der Waals surface area contributed by atoms with Gasteiger partial charge in [0.25, 0.3) is 0 Å². The van der Waals surface area contributed by atoms with Crippen LogP contribution in [0.15, 0.2) is 18.2 Å². The lowest BCUT2D eigenvalue weighted by molar-refractivity contribution is 0.0948. The monoisotopic (exact) mass is 317 g/mol. The minimum Gasteiger partial charge on any atom is -0.494 e. The van der Waals surface area contributed by atoms with Crippen LogP contribution in [-0.2, 0) is 0 Å². The van der Waals surface area contributed by atoms with Crippen molar-refractivity contribution in [2.24, 2.45) is 5.92 Å². The van der Waals surface area contributed by atoms with E-state index in [2.05, 4.69) is 25.7 Å². The van der Waals surface area contributed by atoms with Crippen molar-refractivity contribution in [3.05, 3.63) is 29.3 Å². The van der Waals surface area contributed by atoms with Crippen LogP contribution in [0.4, 0.5) is 0 Å². The third kappa shape index (κ3) is 5.07. The Hall–Kier alpha value is -1.35. The van der Waals surface area contributed by atoms with Gasteiger partial charge < -0.3 is 9.64 Å². The number of likely N-dealkylation sites (tertiary alicyclic amines) is 1. The Balaban J connectivity index is 2.03. The smallest absolute Gasteiger partial charge is 0.164 e. The van der Waals surface area contributed by atoms with Crippen molar-refractivity contribution >= 4 is 5.78 Å². The Morgan fingerprint density at radius 3 is 2.83 bits per heavy atom. The van der Waals surface area contributed by atoms with Gasteiger partial charge in [0.2, 0.25) is 0 Å². The van der Waals surface area contributed by atoms with E-state index >= 15 is 0 Å². The molecule has 0 amide bonds. The molecule has 3 nitrogen and oxygen atoms in total. The van der Waals surface area contributed by atoms with Gasteiger partial charge in [-0.1, -0.05) is 20.8 Å². The number of carbonyl (C=O) groups is 1. The molecular weight excluding hydrogens is 286 g/mol. The van der Waals surface area contributed by atoms with Crippen LogP contribution < -0.4 is 4.74 Å². The van der Waals surface area contributed by atoms with Gasteiger partial charge >= 0.3 is 0 Å². The second-order valence-corrected chi connectivity index (χ2v) is 7.06. The summed E-state index contributed by atoms with van der Waals surface area (Å²) in [6.07, 6.45) is 3.19. The van der Waals surface area contributed by atoms with Crippen LogP contribution in [0.25, 0.3) is 0 Å². The Morgan fingerprint density at radius 2 is 2.17 bits per heavy atom. The molecule has 1 atom stereocenters. The zero-order chi connectivity index (χ0) is 16.8. The Bertz CT molecular complexity index is 524. The summed E-state index contributed by atoms with van der Waals surface area (Å²) in [6.45, 7) is 12.4. The van der Waals surface area contributed by atoms with Crippen LogP contribution >= 0.6 is 0 Å². The summed E-state index contributed by atoms with van der Waals surface area (Å²) in [5.41, 5.74) is 1.97. The van der Waals surface area contributed by atoms with E-state index in [1.165, 1.54) is 12.8 Å². The third-order valence-electron chi connectivity index (χ3n) is 4.65. The molecule has 1 saturated heterocycles. The van der Waals surface area contributed by atoms with E-state index in [0.717, 1.165) is 42.4 Å². The number of hydrogen-bond acceptors (Lipinski definition) is 3. The van der Waals surface area contributed by atoms with Crippen LogP contribution in [0.3, 0.4) is 0 Å². The largest absolute Gasteiger partial charge is 0.494 e. The lowest BCUT2D eigenvalue weighted by Gasteiger charge is -2.30. The highest BCUT2D eigenvalue weighted by Gasteiger charge is 2.19. The lowest BCUT2D eigenvalue weighted by atomic mass is 9.93. The Morgan fingerprint density at radius 1 is 1.39 bits per heavy atom. The molecule has 0 bridgehead atoms. The number of carbonyl (C=O) groups excluding carboxylic acids is 1. The van der Waals surface area contributed by atoms with Gasteiger partial charge in [-0.2, -0.15) is 0 Å². The summed E-state index contributed by atoms with van der Waals surface area (Å²) < 4.78 is 5.58. The van der Waals surface area contributed by atoms with Gasteiger partial charge in [0.05, 0.1) is 6.61 Å². The van der Waals surface area contributed by atoms with Gasteiger partial charge in [-0.25, -0.2) is 0 Å². The van der Waals surface area contributed by atoms with Crippen LogP contribution in [0.5, 0.6) is 5.75 Å². The highest BCUT2D eigenvalue weighted by molar-refractivity contribution is 5.98. The molecule has 1 aromatic carbocycles. The van der Waals surface area contributed by atoms with E-state index in [-0.39, 0.29) is 5.78 Å². The average molecular weight is 317 g/mol. The molecule has 0 radical (unpaired) electrons. The molecule has 1 heterocycles. The molecule has 2 rings (SSSR count). The topological polar surface area (TPSA) is 29.5 Å².